The summed E-state index contributed by atoms with van der Waals surface area (Å²) in [7, 11) is 0. The molecular weight excluding hydrogens is 196 g/mol. The molecule has 16 heavy (non-hydrogen) atoms. The Bertz CT molecular complexity index is 234. The van der Waals surface area contributed by atoms with Crippen LogP contribution in [0.1, 0.15) is 71.1 Å². The van der Waals surface area contributed by atoms with Gasteiger partial charge in [-0.3, -0.25) is 4.79 Å². The van der Waals surface area contributed by atoms with Crippen LogP contribution in [0, 0.1) is 17.8 Å². The summed E-state index contributed by atoms with van der Waals surface area (Å²) >= 11 is 0. The number of fused-ring (bicyclic) bond motifs is 1. The summed E-state index contributed by atoms with van der Waals surface area (Å²) < 4.78 is 0. The van der Waals surface area contributed by atoms with Gasteiger partial charge in [-0.2, -0.15) is 0 Å². The summed E-state index contributed by atoms with van der Waals surface area (Å²) in [5.74, 6) is 3.19. The molecule has 0 saturated heterocycles. The molecule has 2 aliphatic rings. The lowest BCUT2D eigenvalue weighted by atomic mass is 9.66. The summed E-state index contributed by atoms with van der Waals surface area (Å²) in [6.45, 7) is 2.28. The Morgan fingerprint density at radius 1 is 1.12 bits per heavy atom. The molecule has 2 saturated carbocycles. The molecule has 2 rings (SSSR count). The molecule has 0 amide bonds. The maximum atomic E-state index is 11.4. The van der Waals surface area contributed by atoms with Crippen LogP contribution in [-0.4, -0.2) is 5.78 Å². The average Bonchev–Trinajstić information content (AvgIpc) is 2.29. The molecule has 1 unspecified atom stereocenters. The van der Waals surface area contributed by atoms with Gasteiger partial charge in [-0.15, -0.1) is 0 Å². The van der Waals surface area contributed by atoms with Gasteiger partial charge in [-0.1, -0.05) is 39.0 Å². The van der Waals surface area contributed by atoms with Crippen molar-refractivity contribution in [3.8, 4) is 0 Å². The molecule has 0 aromatic rings. The van der Waals surface area contributed by atoms with Crippen LogP contribution in [0.4, 0.5) is 0 Å². The van der Waals surface area contributed by atoms with Crippen molar-refractivity contribution in [3.05, 3.63) is 0 Å². The fourth-order valence-electron chi connectivity index (χ4n) is 3.73. The van der Waals surface area contributed by atoms with E-state index in [0.717, 1.165) is 30.6 Å². The number of ketones is 1. The van der Waals surface area contributed by atoms with Gasteiger partial charge in [0.1, 0.15) is 5.78 Å². The molecule has 1 nitrogen and oxygen atoms in total. The number of hydrogen-bond donors (Lipinski definition) is 0. The molecule has 0 bridgehead atoms. The number of hydrogen-bond acceptors (Lipinski definition) is 1. The Morgan fingerprint density at radius 2 is 2.00 bits per heavy atom. The topological polar surface area (TPSA) is 17.1 Å². The molecule has 0 heterocycles. The largest absolute Gasteiger partial charge is 0.300 e. The monoisotopic (exact) mass is 222 g/mol. The third-order valence-electron chi connectivity index (χ3n) is 4.75. The first-order valence-electron chi connectivity index (χ1n) is 7.31. The highest BCUT2D eigenvalue weighted by atomic mass is 16.1. The van der Waals surface area contributed by atoms with E-state index in [1.54, 1.807) is 0 Å². The molecule has 0 aromatic carbocycles. The molecule has 1 heteroatoms. The van der Waals surface area contributed by atoms with Gasteiger partial charge in [-0.05, 0) is 37.0 Å². The first-order chi connectivity index (χ1) is 7.79. The lowest BCUT2D eigenvalue weighted by molar-refractivity contribution is -0.123. The van der Waals surface area contributed by atoms with Crippen LogP contribution >= 0.6 is 0 Å². The van der Waals surface area contributed by atoms with Crippen LogP contribution in [0.2, 0.25) is 0 Å². The number of carbonyl (C=O) groups excluding carboxylic acids is 1. The first kappa shape index (κ1) is 12.1. The van der Waals surface area contributed by atoms with E-state index < -0.39 is 0 Å². The van der Waals surface area contributed by atoms with E-state index >= 15 is 0 Å². The molecule has 0 aliphatic heterocycles. The zero-order valence-corrected chi connectivity index (χ0v) is 10.7. The van der Waals surface area contributed by atoms with E-state index in [-0.39, 0.29) is 0 Å². The van der Waals surface area contributed by atoms with Crippen molar-refractivity contribution in [2.75, 3.05) is 0 Å². The number of Topliss-reactive ketones (excluding diaryl/α,β-unsaturated/α-hetero) is 1. The van der Waals surface area contributed by atoms with Crippen molar-refractivity contribution in [2.45, 2.75) is 71.1 Å². The van der Waals surface area contributed by atoms with Crippen molar-refractivity contribution in [1.82, 2.24) is 0 Å². The van der Waals surface area contributed by atoms with Gasteiger partial charge >= 0.3 is 0 Å². The van der Waals surface area contributed by atoms with Crippen molar-refractivity contribution in [1.29, 1.82) is 0 Å². The van der Waals surface area contributed by atoms with Gasteiger partial charge in [0.15, 0.2) is 0 Å². The van der Waals surface area contributed by atoms with Crippen molar-refractivity contribution in [2.24, 2.45) is 17.8 Å². The normalized spacial score (nSPS) is 34.8. The van der Waals surface area contributed by atoms with Crippen LogP contribution in [0.25, 0.3) is 0 Å². The molecule has 2 aliphatic carbocycles. The summed E-state index contributed by atoms with van der Waals surface area (Å²) in [5.41, 5.74) is 0. The highest BCUT2D eigenvalue weighted by Gasteiger charge is 2.34. The van der Waals surface area contributed by atoms with E-state index in [0.29, 0.717) is 5.78 Å². The molecule has 0 N–H and O–H groups in total. The Hall–Kier alpha value is -0.330. The first-order valence-corrected chi connectivity index (χ1v) is 7.31. The lowest BCUT2D eigenvalue weighted by Gasteiger charge is -2.38. The Kier molecular flexibility index (Phi) is 4.43. The lowest BCUT2D eigenvalue weighted by Crippen LogP contribution is -2.31. The number of rotatable bonds is 4. The van der Waals surface area contributed by atoms with Gasteiger partial charge in [0.05, 0.1) is 0 Å². The maximum Gasteiger partial charge on any atom is 0.133 e. The van der Waals surface area contributed by atoms with Crippen molar-refractivity contribution in [3.63, 3.8) is 0 Å². The Labute approximate surface area is 100.0 Å². The molecule has 3 atom stereocenters. The number of unbranched alkanes of at least 4 members (excludes halogenated alkanes) is 2. The van der Waals surface area contributed by atoms with Gasteiger partial charge in [0.25, 0.3) is 0 Å². The third kappa shape index (κ3) is 3.09. The summed E-state index contributed by atoms with van der Waals surface area (Å²) in [4.78, 5) is 11.4. The Balaban J connectivity index is 1.75. The van der Waals surface area contributed by atoms with Crippen LogP contribution in [0.5, 0.6) is 0 Å². The number of carbonyl (C=O) groups is 1. The van der Waals surface area contributed by atoms with E-state index in [1.165, 1.54) is 51.4 Å². The molecular formula is C15H26O. The van der Waals surface area contributed by atoms with Crippen LogP contribution in [0.3, 0.4) is 0 Å². The van der Waals surface area contributed by atoms with Crippen LogP contribution in [-0.2, 0) is 4.79 Å². The second-order valence-corrected chi connectivity index (χ2v) is 5.98. The summed E-state index contributed by atoms with van der Waals surface area (Å²) in [5, 5.41) is 0. The van der Waals surface area contributed by atoms with E-state index in [1.807, 2.05) is 0 Å². The van der Waals surface area contributed by atoms with Crippen molar-refractivity contribution < 1.29 is 4.79 Å². The fourth-order valence-corrected chi connectivity index (χ4v) is 3.73. The predicted molar refractivity (Wildman–Crippen MR) is 67.3 cm³/mol. The Morgan fingerprint density at radius 3 is 2.81 bits per heavy atom. The zero-order valence-electron chi connectivity index (χ0n) is 10.7. The summed E-state index contributed by atoms with van der Waals surface area (Å²) in [6.07, 6.45) is 12.8. The maximum absolute atomic E-state index is 11.4. The van der Waals surface area contributed by atoms with Gasteiger partial charge < -0.3 is 0 Å². The molecule has 2 fully saturated rings. The SMILES string of the molecule is CCCCCC1CC[C@H]2CC(=O)CC[C@H]2C1. The fraction of sp³-hybridized carbons (Fsp3) is 0.933. The minimum absolute atomic E-state index is 0.533. The highest BCUT2D eigenvalue weighted by molar-refractivity contribution is 5.79. The van der Waals surface area contributed by atoms with Crippen LogP contribution in [0.15, 0.2) is 0 Å². The zero-order chi connectivity index (χ0) is 11.4. The van der Waals surface area contributed by atoms with Gasteiger partial charge in [0, 0.05) is 12.8 Å². The summed E-state index contributed by atoms with van der Waals surface area (Å²) in [6, 6.07) is 0. The second kappa shape index (κ2) is 5.84. The standard InChI is InChI=1S/C15H26O/c1-2-3-4-5-12-6-7-14-11-15(16)9-8-13(14)10-12/h12-14H,2-11H2,1H3/t12?,13-,14-/m0/s1. The highest BCUT2D eigenvalue weighted by Crippen LogP contribution is 2.42. The van der Waals surface area contributed by atoms with Gasteiger partial charge in [0.2, 0.25) is 0 Å². The van der Waals surface area contributed by atoms with E-state index in [2.05, 4.69) is 6.92 Å². The molecule has 0 aromatic heterocycles. The van der Waals surface area contributed by atoms with E-state index in [9.17, 15) is 4.79 Å². The van der Waals surface area contributed by atoms with Crippen LogP contribution < -0.4 is 0 Å². The van der Waals surface area contributed by atoms with Crippen molar-refractivity contribution >= 4 is 5.78 Å². The predicted octanol–water partition coefficient (Wildman–Crippen LogP) is 4.35. The molecule has 0 spiro atoms. The van der Waals surface area contributed by atoms with E-state index in [4.69, 9.17) is 0 Å². The average molecular weight is 222 g/mol. The molecule has 0 radical (unpaired) electrons. The smallest absolute Gasteiger partial charge is 0.133 e. The molecule has 92 valence electrons. The second-order valence-electron chi connectivity index (χ2n) is 5.98. The van der Waals surface area contributed by atoms with Gasteiger partial charge in [-0.25, -0.2) is 0 Å². The minimum atomic E-state index is 0.533. The third-order valence-corrected chi connectivity index (χ3v) is 4.75. The quantitative estimate of drug-likeness (QED) is 0.646. The minimum Gasteiger partial charge on any atom is -0.300 e.